The summed E-state index contributed by atoms with van der Waals surface area (Å²) < 4.78 is 39.0. The van der Waals surface area contributed by atoms with Crippen LogP contribution in [0.5, 0.6) is 5.88 Å². The second-order valence-electron chi connectivity index (χ2n) is 2.49. The minimum Gasteiger partial charge on any atom is -0.388 e. The number of aryl methyl sites for hydroxylation is 1. The van der Waals surface area contributed by atoms with E-state index in [0.717, 1.165) is 5.56 Å². The number of rotatable bonds is 3. The van der Waals surface area contributed by atoms with Gasteiger partial charge in [0.2, 0.25) is 5.88 Å². The van der Waals surface area contributed by atoms with Gasteiger partial charge in [-0.1, -0.05) is 15.9 Å². The minimum atomic E-state index is -4.68. The van der Waals surface area contributed by atoms with Crippen molar-refractivity contribution >= 4 is 15.9 Å². The predicted molar refractivity (Wildman–Crippen MR) is 48.4 cm³/mol. The van der Waals surface area contributed by atoms with Gasteiger partial charge in [-0.3, -0.25) is 0 Å². The van der Waals surface area contributed by atoms with E-state index in [1.54, 1.807) is 6.07 Å². The van der Waals surface area contributed by atoms with Crippen molar-refractivity contribution in [3.8, 4) is 5.88 Å². The number of halogens is 4. The quantitative estimate of drug-likeness (QED) is 0.788. The molecule has 0 unspecified atom stereocenters. The molecule has 0 spiro atoms. The first-order valence-corrected chi connectivity index (χ1v) is 4.90. The molecule has 1 aromatic rings. The van der Waals surface area contributed by atoms with Gasteiger partial charge in [-0.15, -0.1) is 13.2 Å². The van der Waals surface area contributed by atoms with Crippen LogP contribution < -0.4 is 4.74 Å². The van der Waals surface area contributed by atoms with Crippen molar-refractivity contribution in [2.75, 3.05) is 5.33 Å². The van der Waals surface area contributed by atoms with Crippen molar-refractivity contribution < 1.29 is 17.9 Å². The van der Waals surface area contributed by atoms with Crippen molar-refractivity contribution in [3.63, 3.8) is 0 Å². The molecule has 0 fully saturated rings. The Morgan fingerprint density at radius 3 is 2.71 bits per heavy atom. The fourth-order valence-electron chi connectivity index (χ4n) is 0.889. The van der Waals surface area contributed by atoms with E-state index in [1.165, 1.54) is 12.3 Å². The summed E-state index contributed by atoms with van der Waals surface area (Å²) in [5, 5.41) is 0.683. The first kappa shape index (κ1) is 11.3. The Bertz CT molecular complexity index is 303. The van der Waals surface area contributed by atoms with Gasteiger partial charge in [-0.25, -0.2) is 4.98 Å². The van der Waals surface area contributed by atoms with Crippen LogP contribution in [0.25, 0.3) is 0 Å². The molecule has 1 heterocycles. The number of hydrogen-bond acceptors (Lipinski definition) is 2. The van der Waals surface area contributed by atoms with E-state index in [9.17, 15) is 13.2 Å². The maximum atomic E-state index is 11.8. The van der Waals surface area contributed by atoms with Crippen molar-refractivity contribution in [3.05, 3.63) is 23.9 Å². The van der Waals surface area contributed by atoms with Gasteiger partial charge in [-0.2, -0.15) is 0 Å². The largest absolute Gasteiger partial charge is 0.574 e. The summed E-state index contributed by atoms with van der Waals surface area (Å²) in [5.74, 6) is -0.420. The van der Waals surface area contributed by atoms with Crippen molar-refractivity contribution in [1.82, 2.24) is 4.98 Å². The summed E-state index contributed by atoms with van der Waals surface area (Å²) >= 11 is 3.19. The Labute approximate surface area is 87.2 Å². The van der Waals surface area contributed by atoms with Crippen LogP contribution in [-0.2, 0) is 6.42 Å². The second-order valence-corrected chi connectivity index (χ2v) is 3.28. The van der Waals surface area contributed by atoms with Crippen LogP contribution in [0.4, 0.5) is 13.2 Å². The van der Waals surface area contributed by atoms with Gasteiger partial charge in [-0.05, 0) is 18.1 Å². The number of pyridine rings is 1. The molecule has 78 valence electrons. The maximum absolute atomic E-state index is 11.8. The molecule has 0 aliphatic carbocycles. The standard InChI is InChI=1S/C8H7BrF3NO/c9-3-1-6-2-4-13-7(5-6)14-8(10,11)12/h2,4-5H,1,3H2. The molecule has 0 bridgehead atoms. The second kappa shape index (κ2) is 4.63. The third-order valence-electron chi connectivity index (χ3n) is 1.40. The Balaban J connectivity index is 2.73. The zero-order valence-electron chi connectivity index (χ0n) is 7.01. The summed E-state index contributed by atoms with van der Waals surface area (Å²) in [6.45, 7) is 0. The van der Waals surface area contributed by atoms with E-state index in [-0.39, 0.29) is 0 Å². The highest BCUT2D eigenvalue weighted by Gasteiger charge is 2.31. The molecule has 0 atom stereocenters. The predicted octanol–water partition coefficient (Wildman–Crippen LogP) is 2.92. The normalized spacial score (nSPS) is 11.4. The summed E-state index contributed by atoms with van der Waals surface area (Å²) in [7, 11) is 0. The van der Waals surface area contributed by atoms with E-state index < -0.39 is 12.2 Å². The van der Waals surface area contributed by atoms with Crippen LogP contribution in [0.15, 0.2) is 18.3 Å². The van der Waals surface area contributed by atoms with E-state index >= 15 is 0 Å². The molecule has 2 nitrogen and oxygen atoms in total. The van der Waals surface area contributed by atoms with Crippen molar-refractivity contribution in [2.24, 2.45) is 0 Å². The van der Waals surface area contributed by atoms with E-state index in [0.29, 0.717) is 11.8 Å². The average molecular weight is 270 g/mol. The van der Waals surface area contributed by atoms with E-state index in [2.05, 4.69) is 25.7 Å². The summed E-state index contributed by atoms with van der Waals surface area (Å²) in [4.78, 5) is 3.45. The minimum absolute atomic E-state index is 0.420. The van der Waals surface area contributed by atoms with Gasteiger partial charge < -0.3 is 4.74 Å². The molecular formula is C8H7BrF3NO. The number of alkyl halides is 4. The van der Waals surface area contributed by atoms with Gasteiger partial charge in [0, 0.05) is 17.6 Å². The molecule has 1 rings (SSSR count). The van der Waals surface area contributed by atoms with Gasteiger partial charge in [0.1, 0.15) is 0 Å². The highest BCUT2D eigenvalue weighted by atomic mass is 79.9. The molecule has 6 heteroatoms. The SMILES string of the molecule is FC(F)(F)Oc1cc(CCBr)ccn1. The van der Waals surface area contributed by atoms with Gasteiger partial charge in [0.05, 0.1) is 0 Å². The van der Waals surface area contributed by atoms with Crippen molar-refractivity contribution in [1.29, 1.82) is 0 Å². The smallest absolute Gasteiger partial charge is 0.388 e. The molecule has 0 saturated carbocycles. The summed E-state index contributed by atoms with van der Waals surface area (Å²) in [6, 6.07) is 2.92. The lowest BCUT2D eigenvalue weighted by Gasteiger charge is -2.08. The van der Waals surface area contributed by atoms with Crippen LogP contribution >= 0.6 is 15.9 Å². The zero-order valence-corrected chi connectivity index (χ0v) is 8.60. The topological polar surface area (TPSA) is 22.1 Å². The van der Waals surface area contributed by atoms with Gasteiger partial charge in [0.15, 0.2) is 0 Å². The third kappa shape index (κ3) is 3.95. The lowest BCUT2D eigenvalue weighted by atomic mass is 10.2. The molecule has 0 N–H and O–H groups in total. The number of nitrogens with zero attached hydrogens (tertiary/aromatic N) is 1. The first-order chi connectivity index (χ1) is 6.51. The Morgan fingerprint density at radius 2 is 2.14 bits per heavy atom. The fraction of sp³-hybridized carbons (Fsp3) is 0.375. The molecule has 1 aromatic heterocycles. The van der Waals surface area contributed by atoms with Gasteiger partial charge >= 0.3 is 6.36 Å². The average Bonchev–Trinajstić information content (AvgIpc) is 2.02. The van der Waals surface area contributed by atoms with Crippen LogP contribution in [0.3, 0.4) is 0 Å². The summed E-state index contributed by atoms with van der Waals surface area (Å²) in [5.41, 5.74) is 0.746. The molecule has 0 aliphatic heterocycles. The molecular weight excluding hydrogens is 263 g/mol. The Morgan fingerprint density at radius 1 is 1.43 bits per heavy atom. The van der Waals surface area contributed by atoms with Crippen molar-refractivity contribution in [2.45, 2.75) is 12.8 Å². The Hall–Kier alpha value is -0.780. The van der Waals surface area contributed by atoms with Crippen LogP contribution in [0.2, 0.25) is 0 Å². The number of ether oxygens (including phenoxy) is 1. The molecule has 14 heavy (non-hydrogen) atoms. The molecule has 0 aromatic carbocycles. The maximum Gasteiger partial charge on any atom is 0.574 e. The van der Waals surface area contributed by atoms with Gasteiger partial charge in [0.25, 0.3) is 0 Å². The number of aromatic nitrogens is 1. The fourth-order valence-corrected chi connectivity index (χ4v) is 1.35. The van der Waals surface area contributed by atoms with E-state index in [4.69, 9.17) is 0 Å². The van der Waals surface area contributed by atoms with E-state index in [1.807, 2.05) is 0 Å². The highest BCUT2D eigenvalue weighted by Crippen LogP contribution is 2.21. The highest BCUT2D eigenvalue weighted by molar-refractivity contribution is 9.09. The zero-order chi connectivity index (χ0) is 10.6. The lowest BCUT2D eigenvalue weighted by Crippen LogP contribution is -2.17. The van der Waals surface area contributed by atoms with Crippen LogP contribution in [0, 0.1) is 0 Å². The molecule has 0 radical (unpaired) electrons. The first-order valence-electron chi connectivity index (χ1n) is 3.78. The molecule has 0 amide bonds. The lowest BCUT2D eigenvalue weighted by molar-refractivity contribution is -0.276. The summed E-state index contributed by atoms with van der Waals surface area (Å²) in [6.07, 6.45) is -2.75. The van der Waals surface area contributed by atoms with Crippen LogP contribution in [0.1, 0.15) is 5.56 Å². The third-order valence-corrected chi connectivity index (χ3v) is 1.80. The molecule has 0 saturated heterocycles. The Kier molecular flexibility index (Phi) is 3.74. The monoisotopic (exact) mass is 269 g/mol. The molecule has 0 aliphatic rings. The number of hydrogen-bond donors (Lipinski definition) is 0. The van der Waals surface area contributed by atoms with Crippen LogP contribution in [-0.4, -0.2) is 16.7 Å².